The van der Waals surface area contributed by atoms with Gasteiger partial charge in [0.2, 0.25) is 15.9 Å². The van der Waals surface area contributed by atoms with E-state index >= 15 is 0 Å². The maximum Gasteiger partial charge on any atom is 0.235 e. The molecule has 1 N–H and O–H groups in total. The van der Waals surface area contributed by atoms with E-state index in [1.165, 1.54) is 4.31 Å². The highest BCUT2D eigenvalue weighted by Crippen LogP contribution is 2.34. The Kier molecular flexibility index (Phi) is 4.94. The quantitative estimate of drug-likeness (QED) is 0.834. The Morgan fingerprint density at radius 1 is 1.41 bits per heavy atom. The van der Waals surface area contributed by atoms with E-state index in [9.17, 15) is 13.2 Å². The molecule has 1 heterocycles. The number of carbonyl (C=O) groups is 1. The van der Waals surface area contributed by atoms with Crippen molar-refractivity contribution < 1.29 is 13.2 Å². The van der Waals surface area contributed by atoms with E-state index in [0.29, 0.717) is 29.4 Å². The van der Waals surface area contributed by atoms with Crippen molar-refractivity contribution in [2.24, 2.45) is 5.41 Å². The van der Waals surface area contributed by atoms with E-state index in [-0.39, 0.29) is 17.5 Å². The highest BCUT2D eigenvalue weighted by atomic mass is 35.5. The Labute approximate surface area is 140 Å². The van der Waals surface area contributed by atoms with Gasteiger partial charge in [-0.3, -0.25) is 9.10 Å². The van der Waals surface area contributed by atoms with E-state index in [2.05, 4.69) is 5.32 Å². The monoisotopic (exact) mass is 364 g/mol. The molecule has 0 unspecified atom stereocenters. The molecule has 8 heteroatoms. The summed E-state index contributed by atoms with van der Waals surface area (Å²) in [6.45, 7) is 3.86. The van der Waals surface area contributed by atoms with Crippen LogP contribution in [0.2, 0.25) is 5.02 Å². The number of rotatable bonds is 4. The van der Waals surface area contributed by atoms with Crippen molar-refractivity contribution in [1.29, 1.82) is 0 Å². The van der Waals surface area contributed by atoms with Crippen LogP contribution < -0.4 is 9.62 Å². The number of anilines is 2. The molecule has 0 saturated carbocycles. The average Bonchev–Trinajstić information content (AvgIpc) is 2.80. The highest BCUT2D eigenvalue weighted by molar-refractivity contribution is 7.93. The number of sulfonamides is 1. The molecule has 0 atom stereocenters. The fourth-order valence-corrected chi connectivity index (χ4v) is 4.02. The molecule has 1 aliphatic rings. The first-order chi connectivity index (χ1) is 10.2. The van der Waals surface area contributed by atoms with Crippen LogP contribution in [0.15, 0.2) is 18.2 Å². The molecule has 22 heavy (non-hydrogen) atoms. The third kappa shape index (κ3) is 3.50. The van der Waals surface area contributed by atoms with Crippen molar-refractivity contribution in [3.8, 4) is 0 Å². The molecular weight excluding hydrogens is 347 g/mol. The van der Waals surface area contributed by atoms with Crippen molar-refractivity contribution in [3.63, 3.8) is 0 Å². The fraction of sp³-hybridized carbons (Fsp3) is 0.500. The first kappa shape index (κ1) is 17.4. The fourth-order valence-electron chi connectivity index (χ4n) is 2.05. The van der Waals surface area contributed by atoms with E-state index in [1.807, 2.05) is 0 Å². The van der Waals surface area contributed by atoms with Crippen molar-refractivity contribution in [3.05, 3.63) is 23.2 Å². The van der Waals surface area contributed by atoms with Gasteiger partial charge in [-0.1, -0.05) is 11.6 Å². The number of hydrogen-bond donors (Lipinski definition) is 1. The highest BCUT2D eigenvalue weighted by Gasteiger charge is 2.31. The van der Waals surface area contributed by atoms with Gasteiger partial charge in [0.05, 0.1) is 21.9 Å². The van der Waals surface area contributed by atoms with Crippen molar-refractivity contribution in [1.82, 2.24) is 0 Å². The SMILES string of the molecule is CC(C)(CCl)C(=O)Nc1ccc(Cl)c(N2CCCS2(=O)=O)c1. The van der Waals surface area contributed by atoms with Crippen molar-refractivity contribution in [2.45, 2.75) is 20.3 Å². The van der Waals surface area contributed by atoms with Gasteiger partial charge in [0, 0.05) is 18.1 Å². The standard InChI is InChI=1S/C14H18Cl2N2O3S/c1-14(2,9-15)13(19)17-10-4-5-11(16)12(8-10)18-6-3-7-22(18,20)21/h4-5,8H,3,6-7,9H2,1-2H3,(H,17,19). The summed E-state index contributed by atoms with van der Waals surface area (Å²) >= 11 is 11.9. The molecule has 1 amide bonds. The lowest BCUT2D eigenvalue weighted by atomic mass is 9.95. The van der Waals surface area contributed by atoms with Crippen LogP contribution in [0.1, 0.15) is 20.3 Å². The smallest absolute Gasteiger partial charge is 0.235 e. The zero-order chi connectivity index (χ0) is 16.5. The molecule has 0 aromatic heterocycles. The van der Waals surface area contributed by atoms with Gasteiger partial charge in [0.15, 0.2) is 0 Å². The normalized spacial score (nSPS) is 17.5. The summed E-state index contributed by atoms with van der Waals surface area (Å²) in [6.07, 6.45) is 0.564. The molecule has 5 nitrogen and oxygen atoms in total. The second-order valence-electron chi connectivity index (χ2n) is 5.88. The predicted octanol–water partition coefficient (Wildman–Crippen LogP) is 3.08. The summed E-state index contributed by atoms with van der Waals surface area (Å²) < 4.78 is 25.3. The lowest BCUT2D eigenvalue weighted by molar-refractivity contribution is -0.122. The summed E-state index contributed by atoms with van der Waals surface area (Å²) in [4.78, 5) is 12.1. The summed E-state index contributed by atoms with van der Waals surface area (Å²) in [7, 11) is -3.33. The number of alkyl halides is 1. The van der Waals surface area contributed by atoms with Gasteiger partial charge >= 0.3 is 0 Å². The topological polar surface area (TPSA) is 66.5 Å². The lowest BCUT2D eigenvalue weighted by Crippen LogP contribution is -2.32. The molecule has 0 bridgehead atoms. The van der Waals surface area contributed by atoms with Gasteiger partial charge in [-0.2, -0.15) is 0 Å². The van der Waals surface area contributed by atoms with E-state index in [4.69, 9.17) is 23.2 Å². The number of amides is 1. The Morgan fingerprint density at radius 3 is 2.64 bits per heavy atom. The summed E-state index contributed by atoms with van der Waals surface area (Å²) in [5.74, 6) is 0.0546. The number of halogens is 2. The minimum atomic E-state index is -3.33. The molecule has 2 rings (SSSR count). The largest absolute Gasteiger partial charge is 0.326 e. The lowest BCUT2D eigenvalue weighted by Gasteiger charge is -2.22. The number of nitrogens with one attached hydrogen (secondary N) is 1. The van der Waals surface area contributed by atoms with Gasteiger partial charge in [-0.25, -0.2) is 8.42 Å². The molecule has 1 aromatic rings. The maximum absolute atomic E-state index is 12.1. The van der Waals surface area contributed by atoms with Crippen LogP contribution in [0, 0.1) is 5.41 Å². The Morgan fingerprint density at radius 2 is 2.09 bits per heavy atom. The maximum atomic E-state index is 12.1. The van der Waals surface area contributed by atoms with Gasteiger partial charge in [0.25, 0.3) is 0 Å². The number of carbonyl (C=O) groups excluding carboxylic acids is 1. The molecule has 1 aliphatic heterocycles. The average molecular weight is 365 g/mol. The van der Waals surface area contributed by atoms with Gasteiger partial charge in [0.1, 0.15) is 0 Å². The number of nitrogens with zero attached hydrogens (tertiary/aromatic N) is 1. The summed E-state index contributed by atoms with van der Waals surface area (Å²) in [6, 6.07) is 4.79. The van der Waals surface area contributed by atoms with Gasteiger partial charge in [-0.15, -0.1) is 11.6 Å². The van der Waals surface area contributed by atoms with Crippen molar-refractivity contribution in [2.75, 3.05) is 27.8 Å². The van der Waals surface area contributed by atoms with Crippen LogP contribution in [0.4, 0.5) is 11.4 Å². The molecular formula is C14H18Cl2N2O3S. The Balaban J connectivity index is 2.30. The molecule has 1 fully saturated rings. The third-order valence-electron chi connectivity index (χ3n) is 3.52. The van der Waals surface area contributed by atoms with Gasteiger partial charge < -0.3 is 5.32 Å². The molecule has 0 aliphatic carbocycles. The van der Waals surface area contributed by atoms with Crippen LogP contribution in [0.3, 0.4) is 0 Å². The second kappa shape index (κ2) is 6.26. The summed E-state index contributed by atoms with van der Waals surface area (Å²) in [5, 5.41) is 3.08. The molecule has 1 aromatic carbocycles. The van der Waals surface area contributed by atoms with Crippen LogP contribution in [0.5, 0.6) is 0 Å². The zero-order valence-electron chi connectivity index (χ0n) is 12.4. The first-order valence-corrected chi connectivity index (χ1v) is 9.37. The first-order valence-electron chi connectivity index (χ1n) is 6.85. The van der Waals surface area contributed by atoms with Crippen LogP contribution in [-0.4, -0.2) is 32.5 Å². The van der Waals surface area contributed by atoms with E-state index in [0.717, 1.165) is 0 Å². The molecule has 0 radical (unpaired) electrons. The molecule has 0 spiro atoms. The van der Waals surface area contributed by atoms with Crippen molar-refractivity contribution >= 4 is 50.5 Å². The van der Waals surface area contributed by atoms with E-state index < -0.39 is 15.4 Å². The van der Waals surface area contributed by atoms with Crippen LogP contribution in [-0.2, 0) is 14.8 Å². The van der Waals surface area contributed by atoms with Gasteiger partial charge in [-0.05, 0) is 38.5 Å². The van der Waals surface area contributed by atoms with E-state index in [1.54, 1.807) is 32.0 Å². The minimum Gasteiger partial charge on any atom is -0.326 e. The number of benzene rings is 1. The van der Waals surface area contributed by atoms with Crippen LogP contribution >= 0.6 is 23.2 Å². The summed E-state index contributed by atoms with van der Waals surface area (Å²) in [5.41, 5.74) is 0.159. The molecule has 122 valence electrons. The van der Waals surface area contributed by atoms with Crippen LogP contribution in [0.25, 0.3) is 0 Å². The minimum absolute atomic E-state index is 0.110. The second-order valence-corrected chi connectivity index (χ2v) is 8.57. The number of hydrogen-bond acceptors (Lipinski definition) is 3. The molecule has 1 saturated heterocycles. The Hall–Kier alpha value is -0.980. The zero-order valence-corrected chi connectivity index (χ0v) is 14.7. The Bertz CT molecular complexity index is 689. The predicted molar refractivity (Wildman–Crippen MR) is 90.3 cm³/mol. The third-order valence-corrected chi connectivity index (χ3v) is 6.36.